The van der Waals surface area contributed by atoms with Gasteiger partial charge in [0.05, 0.1) is 0 Å². The lowest BCUT2D eigenvalue weighted by molar-refractivity contribution is -0.148. The Hall–Kier alpha value is -2.77. The molecule has 166 valence electrons. The lowest BCUT2D eigenvalue weighted by atomic mass is 9.53. The number of hydrogen-bond donors (Lipinski definition) is 2. The SMILES string of the molecule is O=C(COC(=O)CCc1ccc2c(c1)OCO2)NC(=O)NC12CC3CC(CC(C3)C1)C2. The Morgan fingerprint density at radius 3 is 2.39 bits per heavy atom. The molecule has 8 nitrogen and oxygen atoms in total. The minimum absolute atomic E-state index is 0.131. The first kappa shape index (κ1) is 20.2. The molecule has 4 aliphatic carbocycles. The van der Waals surface area contributed by atoms with Gasteiger partial charge in [-0.05, 0) is 80.4 Å². The van der Waals surface area contributed by atoms with Crippen LogP contribution in [0.1, 0.15) is 50.5 Å². The molecule has 2 N–H and O–H groups in total. The Bertz CT molecular complexity index is 863. The molecule has 6 rings (SSSR count). The van der Waals surface area contributed by atoms with Crippen LogP contribution in [0, 0.1) is 17.8 Å². The standard InChI is InChI=1S/C23H28N2O6/c26-20(12-29-21(27)4-2-14-1-3-18-19(8-14)31-13-30-18)24-22(28)25-23-9-15-5-16(10-23)7-17(6-15)11-23/h1,3,8,15-17H,2,4-7,9-13H2,(H2,24,25,26,28). The Labute approximate surface area is 181 Å². The summed E-state index contributed by atoms with van der Waals surface area (Å²) in [4.78, 5) is 36.4. The van der Waals surface area contributed by atoms with Crippen molar-refractivity contribution < 1.29 is 28.6 Å². The summed E-state index contributed by atoms with van der Waals surface area (Å²) in [7, 11) is 0. The smallest absolute Gasteiger partial charge is 0.321 e. The van der Waals surface area contributed by atoms with E-state index in [1.54, 1.807) is 6.07 Å². The lowest BCUT2D eigenvalue weighted by Crippen LogP contribution is -2.62. The topological polar surface area (TPSA) is 103 Å². The van der Waals surface area contributed by atoms with Gasteiger partial charge < -0.3 is 19.5 Å². The largest absolute Gasteiger partial charge is 0.456 e. The van der Waals surface area contributed by atoms with Crippen molar-refractivity contribution in [2.75, 3.05) is 13.4 Å². The normalized spacial score (nSPS) is 29.5. The third-order valence-corrected chi connectivity index (χ3v) is 7.09. The van der Waals surface area contributed by atoms with E-state index in [2.05, 4.69) is 10.6 Å². The number of amides is 3. The first-order valence-corrected chi connectivity index (χ1v) is 11.1. The number of hydrogen-bond acceptors (Lipinski definition) is 6. The number of ether oxygens (including phenoxy) is 3. The van der Waals surface area contributed by atoms with Crippen LogP contribution in [0.2, 0.25) is 0 Å². The van der Waals surface area contributed by atoms with Gasteiger partial charge in [-0.3, -0.25) is 14.9 Å². The van der Waals surface area contributed by atoms with Crippen molar-refractivity contribution >= 4 is 17.9 Å². The van der Waals surface area contributed by atoms with Crippen molar-refractivity contribution in [2.24, 2.45) is 17.8 Å². The molecule has 0 radical (unpaired) electrons. The molecule has 0 spiro atoms. The van der Waals surface area contributed by atoms with Crippen molar-refractivity contribution in [3.05, 3.63) is 23.8 Å². The summed E-state index contributed by atoms with van der Waals surface area (Å²) in [6.07, 6.45) is 7.47. The molecule has 4 fully saturated rings. The molecular formula is C23H28N2O6. The molecule has 1 aliphatic heterocycles. The molecule has 1 heterocycles. The Kier molecular flexibility index (Phi) is 5.24. The Morgan fingerprint density at radius 2 is 1.68 bits per heavy atom. The van der Waals surface area contributed by atoms with Crippen LogP contribution in [0.3, 0.4) is 0 Å². The molecule has 1 aromatic carbocycles. The molecule has 0 saturated heterocycles. The van der Waals surface area contributed by atoms with Gasteiger partial charge in [0.1, 0.15) is 0 Å². The molecule has 5 aliphatic rings. The molecule has 0 aromatic heterocycles. The molecule has 3 amide bonds. The number of aryl methyl sites for hydroxylation is 1. The van der Waals surface area contributed by atoms with Crippen LogP contribution in [0.25, 0.3) is 0 Å². The van der Waals surface area contributed by atoms with Gasteiger partial charge in [0.15, 0.2) is 18.1 Å². The average Bonchev–Trinajstić information content (AvgIpc) is 3.17. The maximum absolute atomic E-state index is 12.4. The van der Waals surface area contributed by atoms with Gasteiger partial charge >= 0.3 is 12.0 Å². The maximum Gasteiger partial charge on any atom is 0.321 e. The van der Waals surface area contributed by atoms with Crippen LogP contribution < -0.4 is 20.1 Å². The van der Waals surface area contributed by atoms with Crippen molar-refractivity contribution in [3.8, 4) is 11.5 Å². The number of urea groups is 1. The fourth-order valence-electron chi connectivity index (χ4n) is 6.26. The van der Waals surface area contributed by atoms with E-state index in [0.29, 0.717) is 35.7 Å². The number of fused-ring (bicyclic) bond motifs is 1. The van der Waals surface area contributed by atoms with E-state index >= 15 is 0 Å². The van der Waals surface area contributed by atoms with Crippen LogP contribution in [-0.2, 0) is 20.7 Å². The second-order valence-corrected chi connectivity index (χ2v) is 9.55. The summed E-state index contributed by atoms with van der Waals surface area (Å²) in [6.45, 7) is -0.263. The van der Waals surface area contributed by atoms with E-state index in [1.807, 2.05) is 12.1 Å². The predicted molar refractivity (Wildman–Crippen MR) is 109 cm³/mol. The summed E-state index contributed by atoms with van der Waals surface area (Å²) in [5, 5.41) is 5.39. The Morgan fingerprint density at radius 1 is 1.00 bits per heavy atom. The van der Waals surface area contributed by atoms with E-state index < -0.39 is 24.5 Å². The van der Waals surface area contributed by atoms with Gasteiger partial charge in [0.2, 0.25) is 6.79 Å². The summed E-state index contributed by atoms with van der Waals surface area (Å²) in [6, 6.07) is 5.02. The first-order chi connectivity index (χ1) is 15.0. The number of benzene rings is 1. The average molecular weight is 428 g/mol. The number of imide groups is 1. The molecule has 31 heavy (non-hydrogen) atoms. The summed E-state index contributed by atoms with van der Waals surface area (Å²) < 4.78 is 15.6. The quantitative estimate of drug-likeness (QED) is 0.676. The van der Waals surface area contributed by atoms with Crippen molar-refractivity contribution in [3.63, 3.8) is 0 Å². The highest BCUT2D eigenvalue weighted by atomic mass is 16.7. The fraction of sp³-hybridized carbons (Fsp3) is 0.609. The summed E-state index contributed by atoms with van der Waals surface area (Å²) >= 11 is 0. The lowest BCUT2D eigenvalue weighted by Gasteiger charge is -2.56. The van der Waals surface area contributed by atoms with E-state index in [9.17, 15) is 14.4 Å². The van der Waals surface area contributed by atoms with Crippen molar-refractivity contribution in [1.82, 2.24) is 10.6 Å². The van der Waals surface area contributed by atoms with Gasteiger partial charge in [-0.2, -0.15) is 0 Å². The summed E-state index contributed by atoms with van der Waals surface area (Å²) in [5.74, 6) is 2.35. The van der Waals surface area contributed by atoms with Crippen LogP contribution >= 0.6 is 0 Å². The minimum atomic E-state index is -0.612. The molecule has 0 atom stereocenters. The van der Waals surface area contributed by atoms with Crippen molar-refractivity contribution in [2.45, 2.75) is 56.9 Å². The van der Waals surface area contributed by atoms with E-state index in [1.165, 1.54) is 19.3 Å². The maximum atomic E-state index is 12.4. The van der Waals surface area contributed by atoms with Crippen molar-refractivity contribution in [1.29, 1.82) is 0 Å². The zero-order valence-electron chi connectivity index (χ0n) is 17.5. The third-order valence-electron chi connectivity index (χ3n) is 7.09. The molecule has 4 bridgehead atoms. The number of nitrogens with one attached hydrogen (secondary N) is 2. The molecule has 8 heteroatoms. The predicted octanol–water partition coefficient (Wildman–Crippen LogP) is 2.69. The monoisotopic (exact) mass is 428 g/mol. The fourth-order valence-corrected chi connectivity index (χ4v) is 6.26. The highest BCUT2D eigenvalue weighted by Crippen LogP contribution is 2.55. The van der Waals surface area contributed by atoms with Gasteiger partial charge in [0, 0.05) is 12.0 Å². The van der Waals surface area contributed by atoms with Gasteiger partial charge in [-0.1, -0.05) is 6.07 Å². The van der Waals surface area contributed by atoms with E-state index in [-0.39, 0.29) is 18.8 Å². The first-order valence-electron chi connectivity index (χ1n) is 11.1. The molecule has 0 unspecified atom stereocenters. The number of esters is 1. The van der Waals surface area contributed by atoms with Crippen LogP contribution in [0.5, 0.6) is 11.5 Å². The van der Waals surface area contributed by atoms with E-state index in [4.69, 9.17) is 14.2 Å². The van der Waals surface area contributed by atoms with Gasteiger partial charge in [-0.15, -0.1) is 0 Å². The molecule has 4 saturated carbocycles. The molecular weight excluding hydrogens is 400 g/mol. The zero-order chi connectivity index (χ0) is 21.4. The van der Waals surface area contributed by atoms with Gasteiger partial charge in [-0.25, -0.2) is 4.79 Å². The van der Waals surface area contributed by atoms with Crippen LogP contribution in [0.15, 0.2) is 18.2 Å². The van der Waals surface area contributed by atoms with Crippen LogP contribution in [0.4, 0.5) is 4.79 Å². The number of carbonyl (C=O) groups is 3. The second-order valence-electron chi connectivity index (χ2n) is 9.55. The number of carbonyl (C=O) groups excluding carboxylic acids is 3. The minimum Gasteiger partial charge on any atom is -0.456 e. The Balaban J connectivity index is 1.03. The highest BCUT2D eigenvalue weighted by Gasteiger charge is 2.51. The molecule has 1 aromatic rings. The zero-order valence-corrected chi connectivity index (χ0v) is 17.5. The highest BCUT2D eigenvalue weighted by molar-refractivity contribution is 5.95. The third kappa shape index (κ3) is 4.48. The van der Waals surface area contributed by atoms with Gasteiger partial charge in [0.25, 0.3) is 5.91 Å². The van der Waals surface area contributed by atoms with E-state index in [0.717, 1.165) is 24.8 Å². The second kappa shape index (κ2) is 8.05. The van der Waals surface area contributed by atoms with Crippen LogP contribution in [-0.4, -0.2) is 36.8 Å². The number of rotatable bonds is 6. The summed E-state index contributed by atoms with van der Waals surface area (Å²) in [5.41, 5.74) is 0.751.